The Hall–Kier alpha value is -2.33. The summed E-state index contributed by atoms with van der Waals surface area (Å²) in [7, 11) is 0. The number of Topliss-reactive ketones (excluding diaryl/α,β-unsaturated/α-hetero) is 1. The summed E-state index contributed by atoms with van der Waals surface area (Å²) in [5.41, 5.74) is 1.72. The zero-order valence-corrected chi connectivity index (χ0v) is 15.0. The van der Waals surface area contributed by atoms with Crippen LogP contribution in [0.1, 0.15) is 35.2 Å². The van der Waals surface area contributed by atoms with Gasteiger partial charge in [-0.05, 0) is 55.3 Å². The average Bonchev–Trinajstić information content (AvgIpc) is 2.60. The second-order valence-electron chi connectivity index (χ2n) is 5.80. The summed E-state index contributed by atoms with van der Waals surface area (Å²) in [4.78, 5) is 23.8. The van der Waals surface area contributed by atoms with Crippen molar-refractivity contribution < 1.29 is 14.3 Å². The third-order valence-corrected chi connectivity index (χ3v) is 3.90. The molecule has 2 aromatic carbocycles. The highest BCUT2D eigenvalue weighted by Crippen LogP contribution is 2.13. The Morgan fingerprint density at radius 3 is 2.56 bits per heavy atom. The van der Waals surface area contributed by atoms with E-state index in [4.69, 9.17) is 16.3 Å². The summed E-state index contributed by atoms with van der Waals surface area (Å²) in [6.45, 7) is 3.08. The van der Waals surface area contributed by atoms with Gasteiger partial charge in [0, 0.05) is 30.0 Å². The second-order valence-corrected chi connectivity index (χ2v) is 6.23. The van der Waals surface area contributed by atoms with Crippen molar-refractivity contribution >= 4 is 23.3 Å². The Morgan fingerprint density at radius 1 is 1.08 bits per heavy atom. The van der Waals surface area contributed by atoms with E-state index in [0.717, 1.165) is 11.3 Å². The van der Waals surface area contributed by atoms with Gasteiger partial charge in [-0.15, -0.1) is 0 Å². The molecule has 0 aliphatic carbocycles. The third kappa shape index (κ3) is 6.98. The highest BCUT2D eigenvalue weighted by molar-refractivity contribution is 6.30. The van der Waals surface area contributed by atoms with Gasteiger partial charge in [0.2, 0.25) is 5.91 Å². The van der Waals surface area contributed by atoms with Crippen molar-refractivity contribution in [1.29, 1.82) is 0 Å². The molecule has 25 heavy (non-hydrogen) atoms. The van der Waals surface area contributed by atoms with Gasteiger partial charge in [-0.25, -0.2) is 0 Å². The van der Waals surface area contributed by atoms with E-state index in [1.165, 1.54) is 0 Å². The van der Waals surface area contributed by atoms with E-state index in [0.29, 0.717) is 30.2 Å². The maximum absolute atomic E-state index is 12.0. The average molecular weight is 360 g/mol. The van der Waals surface area contributed by atoms with E-state index in [1.807, 2.05) is 31.2 Å². The number of nitrogens with one attached hydrogen (secondary N) is 1. The summed E-state index contributed by atoms with van der Waals surface area (Å²) in [5, 5.41) is 3.39. The third-order valence-electron chi connectivity index (χ3n) is 3.65. The van der Waals surface area contributed by atoms with E-state index in [2.05, 4.69) is 5.32 Å². The number of aryl methyl sites for hydroxylation is 1. The van der Waals surface area contributed by atoms with Gasteiger partial charge in [0.25, 0.3) is 0 Å². The molecule has 1 N–H and O–H groups in total. The van der Waals surface area contributed by atoms with Gasteiger partial charge in [0.15, 0.2) is 5.78 Å². The van der Waals surface area contributed by atoms with Crippen LogP contribution in [-0.4, -0.2) is 24.8 Å². The second kappa shape index (κ2) is 9.84. The van der Waals surface area contributed by atoms with Crippen molar-refractivity contribution in [2.75, 3.05) is 13.2 Å². The Bertz CT molecular complexity index is 713. The fourth-order valence-electron chi connectivity index (χ4n) is 2.29. The Morgan fingerprint density at radius 2 is 1.84 bits per heavy atom. The predicted molar refractivity (Wildman–Crippen MR) is 99.3 cm³/mol. The largest absolute Gasteiger partial charge is 0.494 e. The fourth-order valence-corrected chi connectivity index (χ4v) is 2.42. The minimum absolute atomic E-state index is 0.0606. The van der Waals surface area contributed by atoms with Crippen molar-refractivity contribution in [2.45, 2.75) is 26.2 Å². The number of carbonyl (C=O) groups is 2. The highest BCUT2D eigenvalue weighted by Gasteiger charge is 2.09. The highest BCUT2D eigenvalue weighted by atomic mass is 35.5. The van der Waals surface area contributed by atoms with Crippen LogP contribution in [0.3, 0.4) is 0 Å². The van der Waals surface area contributed by atoms with E-state index in [-0.39, 0.29) is 24.5 Å². The summed E-state index contributed by atoms with van der Waals surface area (Å²) in [6, 6.07) is 14.5. The monoisotopic (exact) mass is 359 g/mol. The lowest BCUT2D eigenvalue weighted by Gasteiger charge is -2.08. The van der Waals surface area contributed by atoms with Crippen LogP contribution in [-0.2, 0) is 4.79 Å². The first kappa shape index (κ1) is 19.0. The fraction of sp³-hybridized carbons (Fsp3) is 0.300. The number of carbonyl (C=O) groups excluding carboxylic acids is 2. The van der Waals surface area contributed by atoms with E-state index in [1.54, 1.807) is 24.3 Å². The maximum atomic E-state index is 12.0. The van der Waals surface area contributed by atoms with Crippen LogP contribution in [0.5, 0.6) is 5.75 Å². The molecule has 1 amide bonds. The summed E-state index contributed by atoms with van der Waals surface area (Å²) in [5.74, 6) is 0.646. The lowest BCUT2D eigenvalue weighted by molar-refractivity contribution is -0.121. The molecule has 2 aromatic rings. The van der Waals surface area contributed by atoms with Gasteiger partial charge in [0.1, 0.15) is 5.75 Å². The van der Waals surface area contributed by atoms with Crippen molar-refractivity contribution in [2.24, 2.45) is 0 Å². The number of halogens is 1. The van der Waals surface area contributed by atoms with Gasteiger partial charge in [-0.1, -0.05) is 23.7 Å². The number of hydrogen-bond donors (Lipinski definition) is 1. The number of ketones is 1. The number of ether oxygens (including phenoxy) is 1. The first-order valence-electron chi connectivity index (χ1n) is 8.29. The smallest absolute Gasteiger partial charge is 0.220 e. The SMILES string of the molecule is Cc1cccc(OCCCNC(=O)CCC(=O)c2ccc(Cl)cc2)c1. The molecule has 0 unspecified atom stereocenters. The number of hydrogen-bond acceptors (Lipinski definition) is 3. The molecule has 0 heterocycles. The predicted octanol–water partition coefficient (Wildman–Crippen LogP) is 4.20. The normalized spacial score (nSPS) is 10.3. The minimum atomic E-state index is -0.127. The van der Waals surface area contributed by atoms with Crippen LogP contribution in [0.25, 0.3) is 0 Å². The Labute approximate surface area is 153 Å². The van der Waals surface area contributed by atoms with Crippen LogP contribution in [0, 0.1) is 6.92 Å². The molecule has 4 nitrogen and oxygen atoms in total. The molecule has 0 radical (unpaired) electrons. The lowest BCUT2D eigenvalue weighted by atomic mass is 10.1. The standard InChI is InChI=1S/C20H22ClNO3/c1-15-4-2-5-18(14-15)25-13-3-12-22-20(24)11-10-19(23)16-6-8-17(21)9-7-16/h2,4-9,14H,3,10-13H2,1H3,(H,22,24). The summed E-state index contributed by atoms with van der Waals surface area (Å²) in [6.07, 6.45) is 1.08. The minimum Gasteiger partial charge on any atom is -0.494 e. The van der Waals surface area contributed by atoms with Crippen molar-refractivity contribution in [3.63, 3.8) is 0 Å². The number of amides is 1. The molecule has 0 aromatic heterocycles. The zero-order chi connectivity index (χ0) is 18.1. The molecule has 0 spiro atoms. The van der Waals surface area contributed by atoms with Crippen molar-refractivity contribution in [3.05, 3.63) is 64.7 Å². The molecule has 0 aliphatic heterocycles. The molecule has 0 aliphatic rings. The number of rotatable bonds is 9. The molecule has 0 saturated carbocycles. The molecular formula is C20H22ClNO3. The molecule has 0 saturated heterocycles. The summed E-state index contributed by atoms with van der Waals surface area (Å²) < 4.78 is 5.62. The topological polar surface area (TPSA) is 55.4 Å². The molecule has 0 atom stereocenters. The molecule has 5 heteroatoms. The van der Waals surface area contributed by atoms with Crippen LogP contribution < -0.4 is 10.1 Å². The Kier molecular flexibility index (Phi) is 7.48. The van der Waals surface area contributed by atoms with Crippen LogP contribution in [0.15, 0.2) is 48.5 Å². The molecular weight excluding hydrogens is 338 g/mol. The van der Waals surface area contributed by atoms with E-state index in [9.17, 15) is 9.59 Å². The number of benzene rings is 2. The first-order valence-corrected chi connectivity index (χ1v) is 8.67. The summed E-state index contributed by atoms with van der Waals surface area (Å²) >= 11 is 5.79. The van der Waals surface area contributed by atoms with Gasteiger partial charge in [-0.3, -0.25) is 9.59 Å². The van der Waals surface area contributed by atoms with Crippen molar-refractivity contribution in [1.82, 2.24) is 5.32 Å². The first-order chi connectivity index (χ1) is 12.0. The van der Waals surface area contributed by atoms with E-state index >= 15 is 0 Å². The molecule has 132 valence electrons. The van der Waals surface area contributed by atoms with Crippen LogP contribution in [0.4, 0.5) is 0 Å². The van der Waals surface area contributed by atoms with Gasteiger partial charge >= 0.3 is 0 Å². The molecule has 0 fully saturated rings. The lowest BCUT2D eigenvalue weighted by Crippen LogP contribution is -2.25. The van der Waals surface area contributed by atoms with Crippen LogP contribution in [0.2, 0.25) is 5.02 Å². The van der Waals surface area contributed by atoms with Crippen LogP contribution >= 0.6 is 11.6 Å². The molecule has 0 bridgehead atoms. The van der Waals surface area contributed by atoms with Crippen molar-refractivity contribution in [3.8, 4) is 5.75 Å². The van der Waals surface area contributed by atoms with Gasteiger partial charge in [0.05, 0.1) is 6.61 Å². The molecule has 2 rings (SSSR count). The zero-order valence-electron chi connectivity index (χ0n) is 14.3. The van der Waals surface area contributed by atoms with E-state index < -0.39 is 0 Å². The van der Waals surface area contributed by atoms with Gasteiger partial charge in [-0.2, -0.15) is 0 Å². The maximum Gasteiger partial charge on any atom is 0.220 e. The Balaban J connectivity index is 1.59. The van der Waals surface area contributed by atoms with Gasteiger partial charge < -0.3 is 10.1 Å². The quantitative estimate of drug-likeness (QED) is 0.539.